The van der Waals surface area contributed by atoms with Crippen LogP contribution in [0, 0.1) is 0 Å². The Morgan fingerprint density at radius 3 is 2.40 bits per heavy atom. The van der Waals surface area contributed by atoms with Crippen LogP contribution in [-0.4, -0.2) is 9.55 Å². The molecule has 2 N–H and O–H groups in total. The molecule has 0 bridgehead atoms. The third kappa shape index (κ3) is 1.12. The first kappa shape index (κ1) is 7.12. The quantitative estimate of drug-likeness (QED) is 0.633. The van der Waals surface area contributed by atoms with Crippen molar-refractivity contribution in [3.05, 3.63) is 11.9 Å². The van der Waals surface area contributed by atoms with E-state index in [1.807, 2.05) is 17.8 Å². The van der Waals surface area contributed by atoms with Crippen molar-refractivity contribution in [3.8, 4) is 0 Å². The lowest BCUT2D eigenvalue weighted by Crippen LogP contribution is -1.94. The second-order valence-electron chi connectivity index (χ2n) is 2.79. The molecule has 1 heterocycles. The third-order valence-corrected chi connectivity index (χ3v) is 1.52. The number of hydrogen-bond donors (Lipinski definition) is 1. The highest BCUT2D eigenvalue weighted by Gasteiger charge is 2.04. The molecule has 0 spiro atoms. The summed E-state index contributed by atoms with van der Waals surface area (Å²) < 4.78 is 1.83. The maximum absolute atomic E-state index is 5.53. The summed E-state index contributed by atoms with van der Waals surface area (Å²) in [7, 11) is 1.90. The van der Waals surface area contributed by atoms with E-state index >= 15 is 0 Å². The first-order chi connectivity index (χ1) is 4.61. The Balaban J connectivity index is 2.98. The molecular weight excluding hydrogens is 126 g/mol. The number of rotatable bonds is 1. The fourth-order valence-electron chi connectivity index (χ4n) is 0.783. The van der Waals surface area contributed by atoms with Crippen LogP contribution in [-0.2, 0) is 7.05 Å². The van der Waals surface area contributed by atoms with Gasteiger partial charge in [0.1, 0.15) is 0 Å². The van der Waals surface area contributed by atoms with Crippen molar-refractivity contribution in [2.75, 3.05) is 5.73 Å². The molecule has 3 heteroatoms. The molecule has 0 aliphatic heterocycles. The van der Waals surface area contributed by atoms with Crippen molar-refractivity contribution < 1.29 is 0 Å². The Bertz CT molecular complexity index is 205. The van der Waals surface area contributed by atoms with Crippen LogP contribution in [0.25, 0.3) is 0 Å². The monoisotopic (exact) mass is 139 g/mol. The Morgan fingerprint density at radius 1 is 1.60 bits per heavy atom. The van der Waals surface area contributed by atoms with Gasteiger partial charge in [-0.1, -0.05) is 13.8 Å². The molecule has 0 atom stereocenters. The predicted molar refractivity (Wildman–Crippen MR) is 41.7 cm³/mol. The fourth-order valence-corrected chi connectivity index (χ4v) is 0.783. The van der Waals surface area contributed by atoms with E-state index in [9.17, 15) is 0 Å². The van der Waals surface area contributed by atoms with E-state index in [-0.39, 0.29) is 0 Å². The minimum atomic E-state index is 0.462. The molecule has 56 valence electrons. The molecule has 1 aromatic rings. The van der Waals surface area contributed by atoms with E-state index in [4.69, 9.17) is 5.73 Å². The molecule has 0 amide bonds. The lowest BCUT2D eigenvalue weighted by molar-refractivity contribution is 0.829. The van der Waals surface area contributed by atoms with Gasteiger partial charge in [-0.05, 0) is 5.92 Å². The average Bonchev–Trinajstić information content (AvgIpc) is 2.13. The molecule has 0 unspecified atom stereocenters. The molecule has 0 radical (unpaired) electrons. The van der Waals surface area contributed by atoms with Crippen LogP contribution in [0.3, 0.4) is 0 Å². The summed E-state index contributed by atoms with van der Waals surface area (Å²) in [6.45, 7) is 4.20. The second kappa shape index (κ2) is 2.33. The lowest BCUT2D eigenvalue weighted by Gasteiger charge is -1.94. The Hall–Kier alpha value is -0.990. The number of nitrogens with zero attached hydrogens (tertiary/aromatic N) is 2. The highest BCUT2D eigenvalue weighted by Crippen LogP contribution is 2.13. The number of nitrogens with two attached hydrogens (primary N) is 1. The van der Waals surface area contributed by atoms with E-state index < -0.39 is 0 Å². The van der Waals surface area contributed by atoms with Gasteiger partial charge in [-0.25, -0.2) is 4.98 Å². The van der Waals surface area contributed by atoms with Crippen molar-refractivity contribution in [1.29, 1.82) is 0 Å². The van der Waals surface area contributed by atoms with Crippen molar-refractivity contribution in [2.45, 2.75) is 19.8 Å². The first-order valence-electron chi connectivity index (χ1n) is 3.40. The largest absolute Gasteiger partial charge is 0.369 e. The zero-order valence-corrected chi connectivity index (χ0v) is 6.63. The van der Waals surface area contributed by atoms with Gasteiger partial charge >= 0.3 is 0 Å². The summed E-state index contributed by atoms with van der Waals surface area (Å²) in [6, 6.07) is 0. The number of nitrogen functional groups attached to an aromatic ring is 1. The summed E-state index contributed by atoms with van der Waals surface area (Å²) >= 11 is 0. The summed E-state index contributed by atoms with van der Waals surface area (Å²) in [5, 5.41) is 0. The zero-order valence-electron chi connectivity index (χ0n) is 6.63. The normalized spacial score (nSPS) is 10.8. The molecule has 1 aromatic heterocycles. The standard InChI is InChI=1S/C7H13N3/c1-5(2)6-4-10(3)7(8)9-6/h4-5H,1-3H3,(H2,8,9). The minimum Gasteiger partial charge on any atom is -0.369 e. The van der Waals surface area contributed by atoms with Gasteiger partial charge in [0, 0.05) is 13.2 Å². The van der Waals surface area contributed by atoms with Crippen molar-refractivity contribution in [3.63, 3.8) is 0 Å². The van der Waals surface area contributed by atoms with Gasteiger partial charge in [0.15, 0.2) is 5.95 Å². The van der Waals surface area contributed by atoms with Gasteiger partial charge in [-0.3, -0.25) is 0 Å². The van der Waals surface area contributed by atoms with Crippen LogP contribution >= 0.6 is 0 Å². The lowest BCUT2D eigenvalue weighted by atomic mass is 10.2. The van der Waals surface area contributed by atoms with Crippen LogP contribution in [0.5, 0.6) is 0 Å². The maximum Gasteiger partial charge on any atom is 0.200 e. The number of imidazole rings is 1. The van der Waals surface area contributed by atoms with Gasteiger partial charge in [-0.15, -0.1) is 0 Å². The van der Waals surface area contributed by atoms with E-state index in [2.05, 4.69) is 18.8 Å². The summed E-state index contributed by atoms with van der Waals surface area (Å²) in [5.74, 6) is 1.05. The number of aromatic nitrogens is 2. The average molecular weight is 139 g/mol. The first-order valence-corrected chi connectivity index (χ1v) is 3.40. The molecule has 0 fully saturated rings. The Labute approximate surface area is 60.9 Å². The fraction of sp³-hybridized carbons (Fsp3) is 0.571. The second-order valence-corrected chi connectivity index (χ2v) is 2.79. The SMILES string of the molecule is CC(C)c1cn(C)c(N)n1. The van der Waals surface area contributed by atoms with Crippen molar-refractivity contribution in [1.82, 2.24) is 9.55 Å². The molecule has 1 rings (SSSR count). The predicted octanol–water partition coefficient (Wildman–Crippen LogP) is 1.13. The third-order valence-electron chi connectivity index (χ3n) is 1.52. The molecule has 0 saturated carbocycles. The minimum absolute atomic E-state index is 0.462. The van der Waals surface area contributed by atoms with Gasteiger partial charge in [0.2, 0.25) is 0 Å². The molecule has 3 nitrogen and oxygen atoms in total. The zero-order chi connectivity index (χ0) is 7.72. The number of hydrogen-bond acceptors (Lipinski definition) is 2. The van der Waals surface area contributed by atoms with Crippen molar-refractivity contribution in [2.24, 2.45) is 7.05 Å². The van der Waals surface area contributed by atoms with Gasteiger partial charge in [-0.2, -0.15) is 0 Å². The van der Waals surface area contributed by atoms with Gasteiger partial charge < -0.3 is 10.3 Å². The molecular formula is C7H13N3. The number of anilines is 1. The van der Waals surface area contributed by atoms with Crippen LogP contribution < -0.4 is 5.73 Å². The molecule has 0 aliphatic carbocycles. The smallest absolute Gasteiger partial charge is 0.200 e. The molecule has 10 heavy (non-hydrogen) atoms. The van der Waals surface area contributed by atoms with Gasteiger partial charge in [0.25, 0.3) is 0 Å². The van der Waals surface area contributed by atoms with E-state index in [1.54, 1.807) is 0 Å². The summed E-state index contributed by atoms with van der Waals surface area (Å²) in [6.07, 6.45) is 1.96. The highest BCUT2D eigenvalue weighted by atomic mass is 15.1. The van der Waals surface area contributed by atoms with Crippen LogP contribution in [0.2, 0.25) is 0 Å². The Morgan fingerprint density at radius 2 is 2.20 bits per heavy atom. The van der Waals surface area contributed by atoms with Crippen LogP contribution in [0.4, 0.5) is 5.95 Å². The molecule has 0 aliphatic rings. The Kier molecular flexibility index (Phi) is 1.66. The number of aryl methyl sites for hydroxylation is 1. The topological polar surface area (TPSA) is 43.8 Å². The molecule has 0 aromatic carbocycles. The van der Waals surface area contributed by atoms with Gasteiger partial charge in [0.05, 0.1) is 5.69 Å². The molecule has 0 saturated heterocycles. The van der Waals surface area contributed by atoms with Crippen LogP contribution in [0.1, 0.15) is 25.5 Å². The van der Waals surface area contributed by atoms with Crippen LogP contribution in [0.15, 0.2) is 6.20 Å². The van der Waals surface area contributed by atoms with E-state index in [1.165, 1.54) is 0 Å². The summed E-state index contributed by atoms with van der Waals surface area (Å²) in [4.78, 5) is 4.15. The maximum atomic E-state index is 5.53. The van der Waals surface area contributed by atoms with E-state index in [0.29, 0.717) is 11.9 Å². The summed E-state index contributed by atoms with van der Waals surface area (Å²) in [5.41, 5.74) is 6.59. The highest BCUT2D eigenvalue weighted by molar-refractivity contribution is 5.22. The van der Waals surface area contributed by atoms with Crippen molar-refractivity contribution >= 4 is 5.95 Å². The van der Waals surface area contributed by atoms with E-state index in [0.717, 1.165) is 5.69 Å².